The number of benzene rings is 1. The average molecular weight is 286 g/mol. The van der Waals surface area contributed by atoms with E-state index < -0.39 is 0 Å². The van der Waals surface area contributed by atoms with E-state index in [2.05, 4.69) is 44.8 Å². The zero-order valence-electron chi connectivity index (χ0n) is 12.4. The van der Waals surface area contributed by atoms with Crippen molar-refractivity contribution in [3.8, 4) is 0 Å². The van der Waals surface area contributed by atoms with Crippen molar-refractivity contribution in [3.63, 3.8) is 0 Å². The fourth-order valence-electron chi connectivity index (χ4n) is 2.67. The van der Waals surface area contributed by atoms with Crippen LogP contribution in [0, 0.1) is 0 Å². The minimum atomic E-state index is 0.0519. The second kappa shape index (κ2) is 6.16. The maximum atomic E-state index is 11.7. The highest BCUT2D eigenvalue weighted by atomic mass is 16.2. The summed E-state index contributed by atoms with van der Waals surface area (Å²) >= 11 is 0. The molecule has 5 heteroatoms. The van der Waals surface area contributed by atoms with Gasteiger partial charge >= 0.3 is 0 Å². The first-order valence-corrected chi connectivity index (χ1v) is 7.58. The topological polar surface area (TPSA) is 56.7 Å². The molecule has 1 saturated carbocycles. The fraction of sp³-hybridized carbons (Fsp3) is 0.500. The summed E-state index contributed by atoms with van der Waals surface area (Å²) in [7, 11) is 1.77. The first-order valence-electron chi connectivity index (χ1n) is 7.58. The minimum absolute atomic E-state index is 0.0519. The molecule has 112 valence electrons. The lowest BCUT2D eigenvalue weighted by Crippen LogP contribution is -2.47. The Hall–Kier alpha value is -2.04. The van der Waals surface area contributed by atoms with E-state index in [9.17, 15) is 4.79 Å². The van der Waals surface area contributed by atoms with Gasteiger partial charge in [0.05, 0.1) is 6.54 Å². The molecule has 3 rings (SSSR count). The standard InChI is InChI=1S/C16H22N4O/c1-17-16(18-10-15(21)19-14-6-7-14)20-9-8-12-4-2-3-5-13(12)11-20/h2-5,14H,6-11H2,1H3,(H,17,18)(H,19,21). The molecule has 1 fully saturated rings. The lowest BCUT2D eigenvalue weighted by molar-refractivity contribution is -0.120. The summed E-state index contributed by atoms with van der Waals surface area (Å²) in [5, 5.41) is 6.14. The van der Waals surface area contributed by atoms with Gasteiger partial charge in [-0.05, 0) is 30.4 Å². The summed E-state index contributed by atoms with van der Waals surface area (Å²) < 4.78 is 0. The van der Waals surface area contributed by atoms with Crippen molar-refractivity contribution in [2.45, 2.75) is 31.8 Å². The number of carbonyl (C=O) groups excluding carboxylic acids is 1. The predicted molar refractivity (Wildman–Crippen MR) is 83.1 cm³/mol. The van der Waals surface area contributed by atoms with Gasteiger partial charge in [-0.2, -0.15) is 0 Å². The number of carbonyl (C=O) groups is 1. The van der Waals surface area contributed by atoms with Crippen molar-refractivity contribution in [2.24, 2.45) is 4.99 Å². The highest BCUT2D eigenvalue weighted by Gasteiger charge is 2.24. The van der Waals surface area contributed by atoms with Gasteiger partial charge in [0.25, 0.3) is 0 Å². The normalized spacial score (nSPS) is 18.1. The van der Waals surface area contributed by atoms with Crippen LogP contribution in [0.2, 0.25) is 0 Å². The van der Waals surface area contributed by atoms with Gasteiger partial charge in [0.2, 0.25) is 5.91 Å². The smallest absolute Gasteiger partial charge is 0.239 e. The molecule has 0 unspecified atom stereocenters. The molecule has 21 heavy (non-hydrogen) atoms. The maximum Gasteiger partial charge on any atom is 0.239 e. The Kier molecular flexibility index (Phi) is 4.08. The molecule has 1 aliphatic heterocycles. The van der Waals surface area contributed by atoms with Crippen LogP contribution in [-0.2, 0) is 17.8 Å². The lowest BCUT2D eigenvalue weighted by atomic mass is 10.0. The van der Waals surface area contributed by atoms with Gasteiger partial charge in [0, 0.05) is 26.2 Å². The molecule has 0 radical (unpaired) electrons. The molecule has 0 bridgehead atoms. The highest BCUT2D eigenvalue weighted by Crippen LogP contribution is 2.19. The molecule has 1 aliphatic carbocycles. The molecule has 1 aromatic carbocycles. The highest BCUT2D eigenvalue weighted by molar-refractivity contribution is 5.86. The molecule has 2 aliphatic rings. The number of nitrogens with zero attached hydrogens (tertiary/aromatic N) is 2. The van der Waals surface area contributed by atoms with Crippen LogP contribution in [0.3, 0.4) is 0 Å². The van der Waals surface area contributed by atoms with Crippen LogP contribution < -0.4 is 10.6 Å². The van der Waals surface area contributed by atoms with Crippen LogP contribution in [0.15, 0.2) is 29.3 Å². The summed E-state index contributed by atoms with van der Waals surface area (Å²) in [6.45, 7) is 2.07. The molecule has 1 aromatic rings. The number of rotatable bonds is 3. The summed E-state index contributed by atoms with van der Waals surface area (Å²) in [6.07, 6.45) is 3.25. The number of hydrogen-bond acceptors (Lipinski definition) is 2. The van der Waals surface area contributed by atoms with Gasteiger partial charge < -0.3 is 15.5 Å². The molecule has 0 saturated heterocycles. The fourth-order valence-corrected chi connectivity index (χ4v) is 2.67. The molecule has 0 aromatic heterocycles. The Morgan fingerprint density at radius 2 is 2.10 bits per heavy atom. The van der Waals surface area contributed by atoms with E-state index in [1.165, 1.54) is 11.1 Å². The van der Waals surface area contributed by atoms with E-state index in [0.29, 0.717) is 12.6 Å². The minimum Gasteiger partial charge on any atom is -0.352 e. The van der Waals surface area contributed by atoms with Crippen molar-refractivity contribution in [1.82, 2.24) is 15.5 Å². The third-order valence-corrected chi connectivity index (χ3v) is 3.99. The monoisotopic (exact) mass is 286 g/mol. The van der Waals surface area contributed by atoms with Crippen LogP contribution in [0.5, 0.6) is 0 Å². The number of guanidine groups is 1. The molecule has 0 spiro atoms. The first-order chi connectivity index (χ1) is 10.3. The SMILES string of the molecule is CN=C(NCC(=O)NC1CC1)N1CCc2ccccc2C1. The summed E-state index contributed by atoms with van der Waals surface area (Å²) in [4.78, 5) is 18.3. The van der Waals surface area contributed by atoms with Crippen molar-refractivity contribution in [3.05, 3.63) is 35.4 Å². The molecule has 0 atom stereocenters. The summed E-state index contributed by atoms with van der Waals surface area (Å²) in [6, 6.07) is 8.91. The van der Waals surface area contributed by atoms with E-state index in [-0.39, 0.29) is 5.91 Å². The predicted octanol–water partition coefficient (Wildman–Crippen LogP) is 0.899. The van der Waals surface area contributed by atoms with E-state index in [0.717, 1.165) is 38.3 Å². The Bertz CT molecular complexity index is 551. The second-order valence-corrected chi connectivity index (χ2v) is 5.68. The van der Waals surface area contributed by atoms with Crippen LogP contribution >= 0.6 is 0 Å². The Morgan fingerprint density at radius 1 is 1.33 bits per heavy atom. The van der Waals surface area contributed by atoms with Gasteiger partial charge in [-0.3, -0.25) is 9.79 Å². The first kappa shape index (κ1) is 13.9. The van der Waals surface area contributed by atoms with Crippen LogP contribution in [0.25, 0.3) is 0 Å². The number of hydrogen-bond donors (Lipinski definition) is 2. The number of amides is 1. The van der Waals surface area contributed by atoms with Crippen molar-refractivity contribution in [2.75, 3.05) is 20.1 Å². The van der Waals surface area contributed by atoms with E-state index in [1.807, 2.05) is 0 Å². The van der Waals surface area contributed by atoms with Gasteiger partial charge in [-0.15, -0.1) is 0 Å². The quantitative estimate of drug-likeness (QED) is 0.641. The summed E-state index contributed by atoms with van der Waals surface area (Å²) in [5.41, 5.74) is 2.75. The number of fused-ring (bicyclic) bond motifs is 1. The maximum absolute atomic E-state index is 11.7. The third-order valence-electron chi connectivity index (χ3n) is 3.99. The number of nitrogens with one attached hydrogen (secondary N) is 2. The largest absolute Gasteiger partial charge is 0.352 e. The summed E-state index contributed by atoms with van der Waals surface area (Å²) in [5.74, 6) is 0.853. The molecular formula is C16H22N4O. The van der Waals surface area contributed by atoms with Crippen molar-refractivity contribution < 1.29 is 4.79 Å². The average Bonchev–Trinajstić information content (AvgIpc) is 3.31. The van der Waals surface area contributed by atoms with Gasteiger partial charge in [-0.1, -0.05) is 24.3 Å². The van der Waals surface area contributed by atoms with Crippen LogP contribution in [0.4, 0.5) is 0 Å². The zero-order chi connectivity index (χ0) is 14.7. The zero-order valence-corrected chi connectivity index (χ0v) is 12.4. The van der Waals surface area contributed by atoms with E-state index >= 15 is 0 Å². The Balaban J connectivity index is 1.55. The molecule has 1 amide bonds. The Labute approximate surface area is 125 Å². The third kappa shape index (κ3) is 3.54. The molecular weight excluding hydrogens is 264 g/mol. The van der Waals surface area contributed by atoms with E-state index in [1.54, 1.807) is 7.05 Å². The van der Waals surface area contributed by atoms with E-state index in [4.69, 9.17) is 0 Å². The van der Waals surface area contributed by atoms with Gasteiger partial charge in [0.1, 0.15) is 0 Å². The van der Waals surface area contributed by atoms with Crippen molar-refractivity contribution >= 4 is 11.9 Å². The van der Waals surface area contributed by atoms with Crippen LogP contribution in [0.1, 0.15) is 24.0 Å². The Morgan fingerprint density at radius 3 is 2.81 bits per heavy atom. The molecule has 5 nitrogen and oxygen atoms in total. The number of aliphatic imine (C=N–C) groups is 1. The molecule has 2 N–H and O–H groups in total. The molecule has 1 heterocycles. The van der Waals surface area contributed by atoms with Gasteiger partial charge in [0.15, 0.2) is 5.96 Å². The van der Waals surface area contributed by atoms with Crippen LogP contribution in [-0.4, -0.2) is 42.9 Å². The lowest BCUT2D eigenvalue weighted by Gasteiger charge is -2.31. The van der Waals surface area contributed by atoms with Crippen molar-refractivity contribution in [1.29, 1.82) is 0 Å². The second-order valence-electron chi connectivity index (χ2n) is 5.68. The van der Waals surface area contributed by atoms with Gasteiger partial charge in [-0.25, -0.2) is 0 Å².